The predicted molar refractivity (Wildman–Crippen MR) is 90.6 cm³/mol. The van der Waals surface area contributed by atoms with E-state index in [1.807, 2.05) is 57.2 Å². The van der Waals surface area contributed by atoms with Gasteiger partial charge in [0.05, 0.1) is 5.56 Å². The molecule has 4 nitrogen and oxygen atoms in total. The van der Waals surface area contributed by atoms with Gasteiger partial charge in [-0.25, -0.2) is 4.79 Å². The lowest BCUT2D eigenvalue weighted by molar-refractivity contribution is -0.123. The quantitative estimate of drug-likeness (QED) is 0.874. The van der Waals surface area contributed by atoms with Crippen LogP contribution in [0.15, 0.2) is 42.5 Å². The number of hydrogen-bond donors (Lipinski definition) is 1. The van der Waals surface area contributed by atoms with Gasteiger partial charge in [0.15, 0.2) is 6.10 Å². The number of para-hydroxylation sites is 1. The highest BCUT2D eigenvalue weighted by Gasteiger charge is 2.20. The molecule has 0 bridgehead atoms. The van der Waals surface area contributed by atoms with Crippen LogP contribution in [0.4, 0.5) is 5.69 Å². The average molecular weight is 311 g/mol. The fourth-order valence-electron chi connectivity index (χ4n) is 2.18. The third kappa shape index (κ3) is 4.19. The second-order valence-corrected chi connectivity index (χ2v) is 5.67. The number of nitrogens with one attached hydrogen (secondary N) is 1. The number of rotatable bonds is 4. The van der Waals surface area contributed by atoms with Crippen molar-refractivity contribution >= 4 is 17.6 Å². The summed E-state index contributed by atoms with van der Waals surface area (Å²) in [5, 5.41) is 2.78. The molecule has 1 atom stereocenters. The second-order valence-electron chi connectivity index (χ2n) is 5.67. The Kier molecular flexibility index (Phi) is 5.16. The summed E-state index contributed by atoms with van der Waals surface area (Å²) >= 11 is 0. The second kappa shape index (κ2) is 7.09. The van der Waals surface area contributed by atoms with Crippen LogP contribution in [0.2, 0.25) is 0 Å². The summed E-state index contributed by atoms with van der Waals surface area (Å²) in [6.07, 6.45) is -0.873. The smallest absolute Gasteiger partial charge is 0.339 e. The van der Waals surface area contributed by atoms with Gasteiger partial charge in [-0.2, -0.15) is 0 Å². The number of benzene rings is 2. The van der Waals surface area contributed by atoms with Crippen LogP contribution >= 0.6 is 0 Å². The number of hydrogen-bond acceptors (Lipinski definition) is 3. The molecule has 120 valence electrons. The number of anilines is 1. The molecule has 1 unspecified atom stereocenters. The zero-order chi connectivity index (χ0) is 17.0. The van der Waals surface area contributed by atoms with E-state index >= 15 is 0 Å². The molecule has 2 aromatic rings. The predicted octanol–water partition coefficient (Wildman–Crippen LogP) is 3.80. The fourth-order valence-corrected chi connectivity index (χ4v) is 2.18. The van der Waals surface area contributed by atoms with Crippen LogP contribution in [0, 0.1) is 20.8 Å². The third-order valence-electron chi connectivity index (χ3n) is 3.67. The van der Waals surface area contributed by atoms with Crippen molar-refractivity contribution in [1.82, 2.24) is 0 Å². The molecule has 1 amide bonds. The average Bonchev–Trinajstić information content (AvgIpc) is 2.51. The van der Waals surface area contributed by atoms with Gasteiger partial charge in [-0.15, -0.1) is 0 Å². The molecule has 0 saturated carbocycles. The number of ether oxygens (including phenoxy) is 1. The molecule has 0 aliphatic rings. The van der Waals surface area contributed by atoms with Crippen molar-refractivity contribution in [2.45, 2.75) is 33.8 Å². The monoisotopic (exact) mass is 311 g/mol. The minimum absolute atomic E-state index is 0.349. The number of carbonyl (C=O) groups excluding carboxylic acids is 2. The van der Waals surface area contributed by atoms with E-state index in [1.165, 1.54) is 0 Å². The van der Waals surface area contributed by atoms with E-state index in [2.05, 4.69) is 5.32 Å². The summed E-state index contributed by atoms with van der Waals surface area (Å²) in [5.74, 6) is -0.836. The van der Waals surface area contributed by atoms with Crippen LogP contribution in [0.5, 0.6) is 0 Å². The van der Waals surface area contributed by atoms with E-state index in [-0.39, 0.29) is 5.91 Å². The van der Waals surface area contributed by atoms with Crippen LogP contribution in [0.25, 0.3) is 0 Å². The normalized spacial score (nSPS) is 11.7. The standard InChI is InChI=1S/C19H21NO3/c1-12-9-10-13(2)16(11-12)19(22)23-15(4)18(21)20-17-8-6-5-7-14(17)3/h5-11,15H,1-4H3,(H,20,21). The zero-order valence-electron chi connectivity index (χ0n) is 13.8. The largest absolute Gasteiger partial charge is 0.449 e. The Morgan fingerprint density at radius 3 is 2.39 bits per heavy atom. The molecule has 0 saturated heterocycles. The summed E-state index contributed by atoms with van der Waals surface area (Å²) in [5.41, 5.74) is 3.95. The number of aryl methyl sites for hydroxylation is 3. The highest BCUT2D eigenvalue weighted by molar-refractivity contribution is 5.98. The van der Waals surface area contributed by atoms with Gasteiger partial charge >= 0.3 is 5.97 Å². The van der Waals surface area contributed by atoms with E-state index in [0.717, 1.165) is 16.7 Å². The molecule has 2 aromatic carbocycles. The first-order valence-corrected chi connectivity index (χ1v) is 7.53. The Labute approximate surface area is 136 Å². The molecule has 23 heavy (non-hydrogen) atoms. The summed E-state index contributed by atoms with van der Waals surface area (Å²) in [6, 6.07) is 13.0. The van der Waals surface area contributed by atoms with E-state index in [4.69, 9.17) is 4.74 Å². The van der Waals surface area contributed by atoms with Crippen LogP contribution in [0.1, 0.15) is 34.0 Å². The molecule has 0 aliphatic heterocycles. The van der Waals surface area contributed by atoms with Crippen LogP contribution in [0.3, 0.4) is 0 Å². The molecule has 1 N–H and O–H groups in total. The zero-order valence-corrected chi connectivity index (χ0v) is 13.8. The topological polar surface area (TPSA) is 55.4 Å². The Hall–Kier alpha value is -2.62. The van der Waals surface area contributed by atoms with Crippen molar-refractivity contribution in [3.63, 3.8) is 0 Å². The van der Waals surface area contributed by atoms with Gasteiger partial charge in [-0.3, -0.25) is 4.79 Å². The lowest BCUT2D eigenvalue weighted by atomic mass is 10.1. The lowest BCUT2D eigenvalue weighted by Crippen LogP contribution is -2.30. The maximum absolute atomic E-state index is 12.2. The molecule has 4 heteroatoms. The maximum Gasteiger partial charge on any atom is 0.339 e. The van der Waals surface area contributed by atoms with Gasteiger partial charge in [-0.1, -0.05) is 35.9 Å². The molecule has 0 heterocycles. The van der Waals surface area contributed by atoms with Crippen molar-refractivity contribution in [3.05, 3.63) is 64.7 Å². The van der Waals surface area contributed by atoms with Crippen LogP contribution in [-0.4, -0.2) is 18.0 Å². The molecule has 0 aliphatic carbocycles. The minimum Gasteiger partial charge on any atom is -0.449 e. The van der Waals surface area contributed by atoms with Crippen molar-refractivity contribution in [2.24, 2.45) is 0 Å². The first-order chi connectivity index (χ1) is 10.9. The van der Waals surface area contributed by atoms with Gasteiger partial charge in [0.1, 0.15) is 0 Å². The van der Waals surface area contributed by atoms with Crippen LogP contribution in [-0.2, 0) is 9.53 Å². The van der Waals surface area contributed by atoms with Gasteiger partial charge in [-0.05, 0) is 51.0 Å². The van der Waals surface area contributed by atoms with Gasteiger partial charge in [0.2, 0.25) is 0 Å². The highest BCUT2D eigenvalue weighted by atomic mass is 16.5. The van der Waals surface area contributed by atoms with E-state index in [9.17, 15) is 9.59 Å². The van der Waals surface area contributed by atoms with E-state index in [1.54, 1.807) is 13.0 Å². The van der Waals surface area contributed by atoms with Gasteiger partial charge in [0.25, 0.3) is 5.91 Å². The highest BCUT2D eigenvalue weighted by Crippen LogP contribution is 2.16. The maximum atomic E-state index is 12.2. The van der Waals surface area contributed by atoms with E-state index in [0.29, 0.717) is 11.3 Å². The number of amides is 1. The Bertz CT molecular complexity index is 737. The molecule has 0 fully saturated rings. The van der Waals surface area contributed by atoms with Gasteiger partial charge in [0, 0.05) is 5.69 Å². The van der Waals surface area contributed by atoms with Crippen molar-refractivity contribution < 1.29 is 14.3 Å². The third-order valence-corrected chi connectivity index (χ3v) is 3.67. The fraction of sp³-hybridized carbons (Fsp3) is 0.263. The SMILES string of the molecule is Cc1ccc(C)c(C(=O)OC(C)C(=O)Nc2ccccc2C)c1. The summed E-state index contributed by atoms with van der Waals surface area (Å²) in [4.78, 5) is 24.4. The lowest BCUT2D eigenvalue weighted by Gasteiger charge is -2.15. The summed E-state index contributed by atoms with van der Waals surface area (Å²) < 4.78 is 5.30. The molecule has 0 radical (unpaired) electrons. The molecule has 0 aromatic heterocycles. The Balaban J connectivity index is 2.05. The first kappa shape index (κ1) is 16.7. The molecule has 0 spiro atoms. The summed E-state index contributed by atoms with van der Waals surface area (Å²) in [7, 11) is 0. The van der Waals surface area contributed by atoms with E-state index < -0.39 is 12.1 Å². The first-order valence-electron chi connectivity index (χ1n) is 7.53. The minimum atomic E-state index is -0.873. The van der Waals surface area contributed by atoms with Crippen molar-refractivity contribution in [1.29, 1.82) is 0 Å². The van der Waals surface area contributed by atoms with Crippen molar-refractivity contribution in [3.8, 4) is 0 Å². The molecular formula is C19H21NO3. The number of carbonyl (C=O) groups is 2. The Morgan fingerprint density at radius 1 is 1.00 bits per heavy atom. The molecule has 2 rings (SSSR count). The summed E-state index contributed by atoms with van der Waals surface area (Å²) in [6.45, 7) is 7.22. The van der Waals surface area contributed by atoms with Crippen LogP contribution < -0.4 is 5.32 Å². The number of esters is 1. The molecular weight excluding hydrogens is 290 g/mol. The Morgan fingerprint density at radius 2 is 1.70 bits per heavy atom. The van der Waals surface area contributed by atoms with Gasteiger partial charge < -0.3 is 10.1 Å². The van der Waals surface area contributed by atoms with Crippen molar-refractivity contribution in [2.75, 3.05) is 5.32 Å².